The third-order valence-electron chi connectivity index (χ3n) is 4.80. The van der Waals surface area contributed by atoms with Gasteiger partial charge in [0.15, 0.2) is 0 Å². The van der Waals surface area contributed by atoms with Gasteiger partial charge >= 0.3 is 5.97 Å². The summed E-state index contributed by atoms with van der Waals surface area (Å²) >= 11 is 0. The molecule has 5 aromatic rings. The van der Waals surface area contributed by atoms with Crippen molar-refractivity contribution in [2.75, 3.05) is 0 Å². The zero-order valence-electron chi connectivity index (χ0n) is 15.0. The lowest BCUT2D eigenvalue weighted by Crippen LogP contribution is -1.95. The summed E-state index contributed by atoms with van der Waals surface area (Å²) in [6.45, 7) is 1.94. The quantitative estimate of drug-likeness (QED) is 0.427. The van der Waals surface area contributed by atoms with Gasteiger partial charge in [-0.2, -0.15) is 0 Å². The molecule has 2 heterocycles. The molecule has 0 saturated heterocycles. The van der Waals surface area contributed by atoms with Gasteiger partial charge in [-0.05, 0) is 54.4 Å². The van der Waals surface area contributed by atoms with Crippen molar-refractivity contribution in [3.8, 4) is 22.5 Å². The Labute approximate surface area is 159 Å². The Hall–Kier alpha value is -3.93. The first-order valence-electron chi connectivity index (χ1n) is 8.87. The number of aryl methyl sites for hydroxylation is 1. The number of carboxylic acids is 1. The Morgan fingerprint density at radius 1 is 0.821 bits per heavy atom. The fraction of sp³-hybridized carbons (Fsp3) is 0.0455. The second-order valence-electron chi connectivity index (χ2n) is 6.76. The molecule has 0 fully saturated rings. The molecule has 0 saturated carbocycles. The summed E-state index contributed by atoms with van der Waals surface area (Å²) in [5.74, 6) is 0.584. The molecule has 3 aromatic carbocycles. The number of carboxylic acid groups (broad SMARTS) is 1. The first-order valence-corrected chi connectivity index (χ1v) is 8.87. The second kappa shape index (κ2) is 6.06. The molecule has 3 N–H and O–H groups in total. The molecular weight excluding hydrogens is 352 g/mol. The molecule has 6 heteroatoms. The molecule has 28 heavy (non-hydrogen) atoms. The molecular formula is C22H16N4O2. The number of nitrogens with one attached hydrogen (secondary N) is 2. The van der Waals surface area contributed by atoms with Crippen LogP contribution in [0.25, 0.3) is 44.6 Å². The van der Waals surface area contributed by atoms with Crippen LogP contribution < -0.4 is 0 Å². The molecule has 0 amide bonds. The number of imidazole rings is 2. The van der Waals surface area contributed by atoms with E-state index in [-0.39, 0.29) is 5.56 Å². The fourth-order valence-corrected chi connectivity index (χ4v) is 3.43. The molecule has 0 bridgehead atoms. The summed E-state index contributed by atoms with van der Waals surface area (Å²) in [4.78, 5) is 26.9. The molecule has 0 aliphatic heterocycles. The van der Waals surface area contributed by atoms with Crippen LogP contribution in [0.2, 0.25) is 0 Å². The van der Waals surface area contributed by atoms with Gasteiger partial charge in [0.1, 0.15) is 11.6 Å². The van der Waals surface area contributed by atoms with Gasteiger partial charge in [-0.15, -0.1) is 0 Å². The molecule has 0 unspecified atom stereocenters. The number of nitrogens with zero attached hydrogens (tertiary/aromatic N) is 2. The molecule has 5 rings (SSSR count). The predicted octanol–water partition coefficient (Wildman–Crippen LogP) is 4.78. The number of benzene rings is 3. The summed E-state index contributed by atoms with van der Waals surface area (Å²) < 4.78 is 0. The normalized spacial score (nSPS) is 11.3. The minimum Gasteiger partial charge on any atom is -0.478 e. The highest BCUT2D eigenvalue weighted by Gasteiger charge is 2.10. The summed E-state index contributed by atoms with van der Waals surface area (Å²) in [5, 5.41) is 9.20. The van der Waals surface area contributed by atoms with Gasteiger partial charge in [0.05, 0.1) is 27.6 Å². The zero-order chi connectivity index (χ0) is 19.3. The van der Waals surface area contributed by atoms with Crippen LogP contribution in [0.5, 0.6) is 0 Å². The Balaban J connectivity index is 1.57. The van der Waals surface area contributed by atoms with Gasteiger partial charge in [-0.3, -0.25) is 0 Å². The number of aromatic carboxylic acids is 1. The predicted molar refractivity (Wildman–Crippen MR) is 108 cm³/mol. The van der Waals surface area contributed by atoms with Gasteiger partial charge in [0, 0.05) is 5.56 Å². The van der Waals surface area contributed by atoms with Gasteiger partial charge in [0.25, 0.3) is 0 Å². The van der Waals surface area contributed by atoms with Crippen molar-refractivity contribution in [1.29, 1.82) is 0 Å². The van der Waals surface area contributed by atoms with Crippen LogP contribution in [0.15, 0.2) is 60.7 Å². The number of fused-ring (bicyclic) bond motifs is 2. The standard InChI is InChI=1S/C22H16N4O2/c1-12-23-17-7-5-13(10-19(17)24-12)14-6-8-18-20(11-14)26-21(25-18)15-3-2-4-16(9-15)22(27)28/h2-11H,1H3,(H,23,24)(H,25,26)(H,27,28). The minimum atomic E-state index is -0.954. The Morgan fingerprint density at radius 3 is 2.21 bits per heavy atom. The average Bonchev–Trinajstić information content (AvgIpc) is 3.29. The Morgan fingerprint density at radius 2 is 1.50 bits per heavy atom. The van der Waals surface area contributed by atoms with Gasteiger partial charge in [-0.1, -0.05) is 24.3 Å². The van der Waals surface area contributed by atoms with Crippen molar-refractivity contribution >= 4 is 28.0 Å². The summed E-state index contributed by atoms with van der Waals surface area (Å²) in [7, 11) is 0. The van der Waals surface area contributed by atoms with Crippen LogP contribution in [-0.2, 0) is 0 Å². The highest BCUT2D eigenvalue weighted by atomic mass is 16.4. The molecule has 136 valence electrons. The highest BCUT2D eigenvalue weighted by Crippen LogP contribution is 2.28. The number of aromatic amines is 2. The smallest absolute Gasteiger partial charge is 0.335 e. The van der Waals surface area contributed by atoms with Crippen LogP contribution in [0.4, 0.5) is 0 Å². The number of aromatic nitrogens is 4. The van der Waals surface area contributed by atoms with Crippen LogP contribution in [-0.4, -0.2) is 31.0 Å². The van der Waals surface area contributed by atoms with E-state index in [1.807, 2.05) is 37.3 Å². The molecule has 6 nitrogen and oxygen atoms in total. The number of rotatable bonds is 3. The third-order valence-corrected chi connectivity index (χ3v) is 4.80. The SMILES string of the molecule is Cc1nc2cc(-c3ccc4[nH]c(-c5cccc(C(=O)O)c5)nc4c3)ccc2[nH]1. The van der Waals surface area contributed by atoms with Crippen molar-refractivity contribution in [2.24, 2.45) is 0 Å². The topological polar surface area (TPSA) is 94.7 Å². The van der Waals surface area contributed by atoms with Crippen molar-refractivity contribution in [2.45, 2.75) is 6.92 Å². The maximum Gasteiger partial charge on any atom is 0.335 e. The van der Waals surface area contributed by atoms with E-state index in [2.05, 4.69) is 32.1 Å². The molecule has 0 spiro atoms. The van der Waals surface area contributed by atoms with E-state index < -0.39 is 5.97 Å². The van der Waals surface area contributed by atoms with Crippen molar-refractivity contribution in [3.05, 3.63) is 72.1 Å². The number of hydrogen-bond acceptors (Lipinski definition) is 3. The van der Waals surface area contributed by atoms with Crippen LogP contribution >= 0.6 is 0 Å². The number of hydrogen-bond donors (Lipinski definition) is 3. The first kappa shape index (κ1) is 16.3. The molecule has 0 aliphatic carbocycles. The lowest BCUT2D eigenvalue weighted by molar-refractivity contribution is 0.0697. The van der Waals surface area contributed by atoms with Crippen molar-refractivity contribution in [3.63, 3.8) is 0 Å². The summed E-state index contributed by atoms with van der Waals surface area (Å²) in [6, 6.07) is 19.0. The monoisotopic (exact) mass is 368 g/mol. The molecule has 0 aliphatic rings. The maximum atomic E-state index is 11.2. The first-order chi connectivity index (χ1) is 13.6. The summed E-state index contributed by atoms with van der Waals surface area (Å²) in [5.41, 5.74) is 6.77. The van der Waals surface area contributed by atoms with E-state index >= 15 is 0 Å². The number of carbonyl (C=O) groups is 1. The number of H-pyrrole nitrogens is 2. The maximum absolute atomic E-state index is 11.2. The van der Waals surface area contributed by atoms with E-state index in [0.29, 0.717) is 5.82 Å². The minimum absolute atomic E-state index is 0.237. The van der Waals surface area contributed by atoms with E-state index in [1.54, 1.807) is 18.2 Å². The zero-order valence-corrected chi connectivity index (χ0v) is 15.0. The van der Waals surface area contributed by atoms with Crippen LogP contribution in [0.1, 0.15) is 16.2 Å². The van der Waals surface area contributed by atoms with E-state index in [1.165, 1.54) is 0 Å². The van der Waals surface area contributed by atoms with E-state index in [0.717, 1.165) is 44.6 Å². The lowest BCUT2D eigenvalue weighted by Gasteiger charge is -2.01. The van der Waals surface area contributed by atoms with Gasteiger partial charge in [0.2, 0.25) is 0 Å². The molecule has 0 radical (unpaired) electrons. The fourth-order valence-electron chi connectivity index (χ4n) is 3.43. The molecule has 0 atom stereocenters. The third kappa shape index (κ3) is 2.72. The van der Waals surface area contributed by atoms with E-state index in [9.17, 15) is 9.90 Å². The molecule has 2 aromatic heterocycles. The average molecular weight is 368 g/mol. The Kier molecular flexibility index (Phi) is 3.52. The highest BCUT2D eigenvalue weighted by molar-refractivity contribution is 5.90. The largest absolute Gasteiger partial charge is 0.478 e. The van der Waals surface area contributed by atoms with Crippen molar-refractivity contribution < 1.29 is 9.90 Å². The van der Waals surface area contributed by atoms with E-state index in [4.69, 9.17) is 0 Å². The second-order valence-corrected chi connectivity index (χ2v) is 6.76. The Bertz CT molecular complexity index is 1360. The summed E-state index contributed by atoms with van der Waals surface area (Å²) in [6.07, 6.45) is 0. The van der Waals surface area contributed by atoms with Gasteiger partial charge in [-0.25, -0.2) is 14.8 Å². The van der Waals surface area contributed by atoms with Gasteiger partial charge < -0.3 is 15.1 Å². The van der Waals surface area contributed by atoms with Crippen LogP contribution in [0.3, 0.4) is 0 Å². The van der Waals surface area contributed by atoms with Crippen LogP contribution in [0, 0.1) is 6.92 Å². The van der Waals surface area contributed by atoms with Crippen molar-refractivity contribution in [1.82, 2.24) is 19.9 Å². The lowest BCUT2D eigenvalue weighted by atomic mass is 10.0.